The molecule has 5 unspecified atom stereocenters. The summed E-state index contributed by atoms with van der Waals surface area (Å²) in [6, 6.07) is 3.86. The van der Waals surface area contributed by atoms with Crippen LogP contribution in [0.25, 0.3) is 0 Å². The van der Waals surface area contributed by atoms with E-state index in [9.17, 15) is 24.0 Å². The molecule has 4 bridgehead atoms. The number of hydrogen-bond acceptors (Lipinski definition) is 9. The predicted molar refractivity (Wildman–Crippen MR) is 137 cm³/mol. The number of ether oxygens (including phenoxy) is 2. The first kappa shape index (κ1) is 25.8. The largest absolute Gasteiger partial charge is 0.447 e. The Morgan fingerprint density at radius 2 is 1.95 bits per heavy atom. The van der Waals surface area contributed by atoms with E-state index in [0.29, 0.717) is 24.1 Å². The van der Waals surface area contributed by atoms with Gasteiger partial charge in [-0.2, -0.15) is 0 Å². The molecule has 5 amide bonds. The zero-order valence-corrected chi connectivity index (χ0v) is 21.6. The van der Waals surface area contributed by atoms with Crippen molar-refractivity contribution in [3.05, 3.63) is 29.3 Å². The molecule has 0 radical (unpaired) electrons. The molecule has 12 heteroatoms. The zero-order valence-electron chi connectivity index (χ0n) is 21.6. The Morgan fingerprint density at radius 3 is 2.72 bits per heavy atom. The molecule has 5 atom stereocenters. The van der Waals surface area contributed by atoms with Crippen LogP contribution in [0.3, 0.4) is 0 Å². The van der Waals surface area contributed by atoms with Crippen LogP contribution in [0.4, 0.5) is 10.5 Å². The molecule has 0 aromatic heterocycles. The van der Waals surface area contributed by atoms with Gasteiger partial charge in [0.05, 0.1) is 24.3 Å². The van der Waals surface area contributed by atoms with E-state index in [1.807, 2.05) is 0 Å². The molecule has 1 aromatic carbocycles. The van der Waals surface area contributed by atoms with E-state index < -0.39 is 35.8 Å². The van der Waals surface area contributed by atoms with Crippen LogP contribution >= 0.6 is 0 Å². The number of piperidine rings is 1. The molecule has 5 fully saturated rings. The van der Waals surface area contributed by atoms with Gasteiger partial charge >= 0.3 is 6.09 Å². The number of alkyl carbamates (subject to hydrolysis) is 1. The number of hydrogen-bond donors (Lipinski definition) is 4. The Kier molecular flexibility index (Phi) is 6.34. The van der Waals surface area contributed by atoms with Gasteiger partial charge in [0, 0.05) is 29.7 Å². The number of nitrogens with zero attached hydrogens (tertiary/aromatic N) is 1. The minimum atomic E-state index is -1.02. The molecule has 5 N–H and O–H groups in total. The quantitative estimate of drug-likeness (QED) is 0.263. The number of imide groups is 2. The van der Waals surface area contributed by atoms with Crippen LogP contribution in [0.5, 0.6) is 0 Å². The van der Waals surface area contributed by atoms with Crippen molar-refractivity contribution < 1.29 is 33.4 Å². The molecule has 7 rings (SSSR count). The number of anilines is 1. The van der Waals surface area contributed by atoms with Gasteiger partial charge in [0.25, 0.3) is 11.8 Å². The van der Waals surface area contributed by atoms with Gasteiger partial charge in [-0.05, 0) is 62.5 Å². The third-order valence-electron chi connectivity index (χ3n) is 8.94. The van der Waals surface area contributed by atoms with Gasteiger partial charge in [0.1, 0.15) is 12.6 Å². The van der Waals surface area contributed by atoms with Crippen LogP contribution in [-0.2, 0) is 19.1 Å². The molecule has 0 spiro atoms. The minimum absolute atomic E-state index is 0.0633. The van der Waals surface area contributed by atoms with Crippen molar-refractivity contribution in [2.24, 2.45) is 17.6 Å². The fraction of sp³-hybridized carbons (Fsp3) is 0.593. The Balaban J connectivity index is 0.941. The Morgan fingerprint density at radius 1 is 1.10 bits per heavy atom. The lowest BCUT2D eigenvalue weighted by molar-refractivity contribution is -0.136. The highest BCUT2D eigenvalue weighted by Gasteiger charge is 2.63. The smallest absolute Gasteiger partial charge is 0.407 e. The van der Waals surface area contributed by atoms with Crippen LogP contribution in [-0.4, -0.2) is 78.1 Å². The van der Waals surface area contributed by atoms with Crippen molar-refractivity contribution >= 4 is 35.4 Å². The monoisotopic (exact) mass is 539 g/mol. The van der Waals surface area contributed by atoms with Crippen molar-refractivity contribution in [2.45, 2.75) is 62.1 Å². The standard InChI is InChI=1S/C27H33N5O7/c28-27-12-15-10-16(27)13-26(11-15,14-27)31-25(37)39-9-8-38-7-6-29-18-3-1-2-17-21(18)24(36)32(23(17)35)19-4-5-20(33)30-22(19)34/h1-3,15-16,19,29H,4-14,28H2,(H,31,37)(H,30,33,34). The summed E-state index contributed by atoms with van der Waals surface area (Å²) in [4.78, 5) is 63.1. The van der Waals surface area contributed by atoms with E-state index in [-0.39, 0.29) is 54.9 Å². The molecule has 12 nitrogen and oxygen atoms in total. The third-order valence-corrected chi connectivity index (χ3v) is 8.94. The van der Waals surface area contributed by atoms with Crippen LogP contribution in [0, 0.1) is 11.8 Å². The van der Waals surface area contributed by atoms with Crippen LogP contribution in [0.15, 0.2) is 18.2 Å². The van der Waals surface area contributed by atoms with Crippen molar-refractivity contribution in [1.82, 2.24) is 15.5 Å². The molecular formula is C27H33N5O7. The van der Waals surface area contributed by atoms with Gasteiger partial charge < -0.3 is 25.8 Å². The molecule has 1 aromatic rings. The molecule has 4 aliphatic carbocycles. The second-order valence-electron chi connectivity index (χ2n) is 11.6. The summed E-state index contributed by atoms with van der Waals surface area (Å²) >= 11 is 0. The number of nitrogens with two attached hydrogens (primary N) is 1. The summed E-state index contributed by atoms with van der Waals surface area (Å²) in [5.74, 6) is -1.11. The van der Waals surface area contributed by atoms with Gasteiger partial charge in [-0.1, -0.05) is 6.07 Å². The maximum Gasteiger partial charge on any atom is 0.407 e. The maximum atomic E-state index is 13.1. The van der Waals surface area contributed by atoms with Crippen molar-refractivity contribution in [1.29, 1.82) is 0 Å². The van der Waals surface area contributed by atoms with Crippen molar-refractivity contribution in [3.8, 4) is 0 Å². The van der Waals surface area contributed by atoms with E-state index in [1.165, 1.54) is 6.42 Å². The normalized spacial score (nSPS) is 32.4. The summed E-state index contributed by atoms with van der Waals surface area (Å²) in [6.45, 7) is 0.933. The van der Waals surface area contributed by atoms with Crippen LogP contribution in [0.2, 0.25) is 0 Å². The fourth-order valence-corrected chi connectivity index (χ4v) is 7.58. The molecule has 2 heterocycles. The predicted octanol–water partition coefficient (Wildman–Crippen LogP) is 0.903. The lowest BCUT2D eigenvalue weighted by atomic mass is 9.75. The van der Waals surface area contributed by atoms with Crippen molar-refractivity contribution in [3.63, 3.8) is 0 Å². The van der Waals surface area contributed by atoms with Crippen LogP contribution < -0.4 is 21.7 Å². The number of amides is 5. The van der Waals surface area contributed by atoms with Gasteiger partial charge in [-0.15, -0.1) is 0 Å². The van der Waals surface area contributed by atoms with E-state index in [0.717, 1.165) is 30.6 Å². The van der Waals surface area contributed by atoms with Gasteiger partial charge in [-0.3, -0.25) is 29.4 Å². The lowest BCUT2D eigenvalue weighted by Gasteiger charge is -2.40. The zero-order chi connectivity index (χ0) is 27.4. The van der Waals surface area contributed by atoms with Gasteiger partial charge in [0.2, 0.25) is 11.8 Å². The second kappa shape index (κ2) is 9.60. The SMILES string of the molecule is NC12CC3CC1CC(NC(=O)OCCOCCNc1cccc4c1C(=O)N(C1CCC(=O)NC1=O)C4=O)(C3)C2. The van der Waals surface area contributed by atoms with Gasteiger partial charge in [0.15, 0.2) is 0 Å². The highest BCUT2D eigenvalue weighted by molar-refractivity contribution is 6.25. The van der Waals surface area contributed by atoms with E-state index in [2.05, 4.69) is 16.0 Å². The topological polar surface area (TPSA) is 169 Å². The first-order valence-electron chi connectivity index (χ1n) is 13.6. The van der Waals surface area contributed by atoms with Gasteiger partial charge in [-0.25, -0.2) is 4.79 Å². The number of carbonyl (C=O) groups is 5. The van der Waals surface area contributed by atoms with Crippen LogP contribution in [0.1, 0.15) is 65.7 Å². The summed E-state index contributed by atoms with van der Waals surface area (Å²) in [5.41, 5.74) is 7.06. The summed E-state index contributed by atoms with van der Waals surface area (Å²) in [7, 11) is 0. The average molecular weight is 540 g/mol. The molecule has 6 aliphatic rings. The van der Waals surface area contributed by atoms with E-state index in [1.54, 1.807) is 18.2 Å². The number of rotatable bonds is 9. The maximum absolute atomic E-state index is 13.1. The Labute approximate surface area is 225 Å². The first-order valence-corrected chi connectivity index (χ1v) is 13.6. The highest BCUT2D eigenvalue weighted by atomic mass is 16.6. The number of fused-ring (bicyclic) bond motifs is 1. The Bertz CT molecular complexity index is 1250. The summed E-state index contributed by atoms with van der Waals surface area (Å²) in [6.07, 6.45) is 4.68. The summed E-state index contributed by atoms with van der Waals surface area (Å²) < 4.78 is 10.9. The molecule has 2 aliphatic heterocycles. The fourth-order valence-electron chi connectivity index (χ4n) is 7.58. The van der Waals surface area contributed by atoms with E-state index in [4.69, 9.17) is 15.2 Å². The number of nitrogens with one attached hydrogen (secondary N) is 3. The van der Waals surface area contributed by atoms with E-state index >= 15 is 0 Å². The molecule has 39 heavy (non-hydrogen) atoms. The number of benzene rings is 1. The molecule has 208 valence electrons. The minimum Gasteiger partial charge on any atom is -0.447 e. The third kappa shape index (κ3) is 4.55. The highest BCUT2D eigenvalue weighted by Crippen LogP contribution is 2.61. The first-order chi connectivity index (χ1) is 18.7. The molecular weight excluding hydrogens is 506 g/mol. The summed E-state index contributed by atoms with van der Waals surface area (Å²) in [5, 5.41) is 8.38. The second-order valence-corrected chi connectivity index (χ2v) is 11.6. The molecule has 1 saturated heterocycles. The molecule has 4 saturated carbocycles. The average Bonchev–Trinajstić information content (AvgIpc) is 3.34. The Hall–Kier alpha value is -3.51. The van der Waals surface area contributed by atoms with Crippen molar-refractivity contribution in [2.75, 3.05) is 31.7 Å². The lowest BCUT2D eigenvalue weighted by Crippen LogP contribution is -2.54. The number of carbonyl (C=O) groups excluding carboxylic acids is 5.